The summed E-state index contributed by atoms with van der Waals surface area (Å²) in [6, 6.07) is 15.2. The Labute approximate surface area is 257 Å². The van der Waals surface area contributed by atoms with E-state index in [1.54, 1.807) is 31.2 Å². The van der Waals surface area contributed by atoms with E-state index in [0.717, 1.165) is 16.4 Å². The molecule has 1 atom stereocenters. The van der Waals surface area contributed by atoms with Crippen molar-refractivity contribution in [2.24, 2.45) is 5.92 Å². The molecule has 1 aliphatic rings. The third-order valence-corrected chi connectivity index (χ3v) is 8.82. The van der Waals surface area contributed by atoms with E-state index in [2.05, 4.69) is 5.32 Å². The van der Waals surface area contributed by atoms with E-state index < -0.39 is 34.3 Å². The highest BCUT2D eigenvalue weighted by molar-refractivity contribution is 7.92. The van der Waals surface area contributed by atoms with Gasteiger partial charge in [-0.3, -0.25) is 13.9 Å². The average Bonchev–Trinajstić information content (AvgIpc) is 3.02. The monoisotopic (exact) mass is 627 g/mol. The number of amides is 2. The molecule has 236 valence electrons. The molecule has 10 nitrogen and oxygen atoms in total. The van der Waals surface area contributed by atoms with Gasteiger partial charge < -0.3 is 24.4 Å². The van der Waals surface area contributed by atoms with E-state index in [9.17, 15) is 22.4 Å². The van der Waals surface area contributed by atoms with Crippen LogP contribution in [0.3, 0.4) is 0 Å². The molecule has 4 rings (SSSR count). The number of carbonyl (C=O) groups is 2. The summed E-state index contributed by atoms with van der Waals surface area (Å²) in [6.45, 7) is 6.08. The number of benzene rings is 3. The maximum Gasteiger partial charge on any atom is 0.264 e. The highest BCUT2D eigenvalue weighted by Crippen LogP contribution is 2.34. The minimum Gasteiger partial charge on any atom is -0.497 e. The Bertz CT molecular complexity index is 1560. The van der Waals surface area contributed by atoms with Crippen molar-refractivity contribution < 1.29 is 36.6 Å². The summed E-state index contributed by atoms with van der Waals surface area (Å²) in [5.74, 6) is -0.113. The third kappa shape index (κ3) is 7.79. The Morgan fingerprint density at radius 2 is 1.70 bits per heavy atom. The predicted molar refractivity (Wildman–Crippen MR) is 164 cm³/mol. The number of fused-ring (bicyclic) bond motifs is 1. The van der Waals surface area contributed by atoms with Gasteiger partial charge in [0.2, 0.25) is 11.8 Å². The maximum atomic E-state index is 14.2. The number of anilines is 1. The van der Waals surface area contributed by atoms with Gasteiger partial charge >= 0.3 is 0 Å². The van der Waals surface area contributed by atoms with Crippen LogP contribution in [-0.4, -0.2) is 64.6 Å². The molecule has 2 amide bonds. The lowest BCUT2D eigenvalue weighted by Gasteiger charge is -2.33. The molecule has 0 bridgehead atoms. The van der Waals surface area contributed by atoms with Gasteiger partial charge in [0, 0.05) is 19.2 Å². The first kappa shape index (κ1) is 32.6. The summed E-state index contributed by atoms with van der Waals surface area (Å²) in [6.07, 6.45) is 0.283. The van der Waals surface area contributed by atoms with Gasteiger partial charge in [0.15, 0.2) is 11.5 Å². The standard InChI is InChI=1S/C32H38FN3O7S/c1-5-28(32(38)34-19-22(2)3)35(20-23-7-6-8-26(17-23)41-4)31(37)21-36(25-11-9-24(33)10-12-25)44(39,40)27-13-14-29-30(18-27)43-16-15-42-29/h6-14,17-18,22,28H,5,15-16,19-21H2,1-4H3,(H,34,38)/t28-/m1/s1. The Balaban J connectivity index is 1.74. The molecule has 0 unspecified atom stereocenters. The number of hydrogen-bond acceptors (Lipinski definition) is 7. The van der Waals surface area contributed by atoms with Crippen molar-refractivity contribution >= 4 is 27.5 Å². The molecular formula is C32H38FN3O7S. The minimum absolute atomic E-state index is 0.0188. The zero-order valence-corrected chi connectivity index (χ0v) is 26.1. The van der Waals surface area contributed by atoms with E-state index in [4.69, 9.17) is 14.2 Å². The second-order valence-corrected chi connectivity index (χ2v) is 12.6. The number of hydrogen-bond donors (Lipinski definition) is 1. The molecule has 1 aliphatic heterocycles. The van der Waals surface area contributed by atoms with Gasteiger partial charge in [-0.2, -0.15) is 0 Å². The zero-order chi connectivity index (χ0) is 31.9. The van der Waals surface area contributed by atoms with Crippen LogP contribution in [0.1, 0.15) is 32.8 Å². The number of ether oxygens (including phenoxy) is 3. The van der Waals surface area contributed by atoms with E-state index in [1.165, 1.54) is 42.3 Å². The first-order valence-corrected chi connectivity index (χ1v) is 15.9. The van der Waals surface area contributed by atoms with Crippen LogP contribution in [-0.2, 0) is 26.2 Å². The summed E-state index contributed by atoms with van der Waals surface area (Å²) in [5.41, 5.74) is 0.768. The van der Waals surface area contributed by atoms with Gasteiger partial charge in [-0.05, 0) is 66.4 Å². The van der Waals surface area contributed by atoms with Crippen molar-refractivity contribution in [2.45, 2.75) is 44.7 Å². The van der Waals surface area contributed by atoms with Crippen LogP contribution in [0.5, 0.6) is 17.2 Å². The molecule has 0 spiro atoms. The third-order valence-electron chi connectivity index (χ3n) is 7.05. The fourth-order valence-electron chi connectivity index (χ4n) is 4.76. The maximum absolute atomic E-state index is 14.2. The van der Waals surface area contributed by atoms with Gasteiger partial charge in [0.25, 0.3) is 10.0 Å². The van der Waals surface area contributed by atoms with Crippen LogP contribution < -0.4 is 23.8 Å². The lowest BCUT2D eigenvalue weighted by molar-refractivity contribution is -0.140. The lowest BCUT2D eigenvalue weighted by Crippen LogP contribution is -2.52. The Morgan fingerprint density at radius 3 is 2.36 bits per heavy atom. The van der Waals surface area contributed by atoms with Crippen molar-refractivity contribution in [3.8, 4) is 17.2 Å². The van der Waals surface area contributed by atoms with Gasteiger partial charge in [0.1, 0.15) is 37.4 Å². The lowest BCUT2D eigenvalue weighted by atomic mass is 10.1. The molecule has 12 heteroatoms. The summed E-state index contributed by atoms with van der Waals surface area (Å²) in [7, 11) is -2.85. The molecule has 3 aromatic rings. The molecule has 0 saturated carbocycles. The topological polar surface area (TPSA) is 114 Å². The van der Waals surface area contributed by atoms with E-state index in [1.807, 2.05) is 13.8 Å². The number of nitrogens with one attached hydrogen (secondary N) is 1. The zero-order valence-electron chi connectivity index (χ0n) is 25.3. The van der Waals surface area contributed by atoms with Crippen LogP contribution in [0.15, 0.2) is 71.6 Å². The number of carbonyl (C=O) groups excluding carboxylic acids is 2. The van der Waals surface area contributed by atoms with E-state index in [-0.39, 0.29) is 47.7 Å². The van der Waals surface area contributed by atoms with E-state index in [0.29, 0.717) is 30.2 Å². The van der Waals surface area contributed by atoms with Gasteiger partial charge in [-0.1, -0.05) is 32.9 Å². The number of halogens is 1. The highest BCUT2D eigenvalue weighted by Gasteiger charge is 2.34. The first-order chi connectivity index (χ1) is 21.0. The highest BCUT2D eigenvalue weighted by atomic mass is 32.2. The van der Waals surface area contributed by atoms with Crippen molar-refractivity contribution in [3.63, 3.8) is 0 Å². The quantitative estimate of drug-likeness (QED) is 0.299. The molecule has 1 N–H and O–H groups in total. The smallest absolute Gasteiger partial charge is 0.264 e. The van der Waals surface area contributed by atoms with Crippen molar-refractivity contribution in [1.29, 1.82) is 0 Å². The van der Waals surface area contributed by atoms with Crippen LogP contribution in [0.25, 0.3) is 0 Å². The van der Waals surface area contributed by atoms with Gasteiger partial charge in [-0.25, -0.2) is 12.8 Å². The SMILES string of the molecule is CC[C@H](C(=O)NCC(C)C)N(Cc1cccc(OC)c1)C(=O)CN(c1ccc(F)cc1)S(=O)(=O)c1ccc2c(c1)OCCO2. The molecule has 0 aliphatic carbocycles. The normalized spacial score (nSPS) is 13.2. The molecule has 3 aromatic carbocycles. The number of nitrogens with zero attached hydrogens (tertiary/aromatic N) is 2. The van der Waals surface area contributed by atoms with Crippen LogP contribution in [0, 0.1) is 11.7 Å². The molecule has 0 fully saturated rings. The largest absolute Gasteiger partial charge is 0.497 e. The van der Waals surface area contributed by atoms with Crippen LogP contribution >= 0.6 is 0 Å². The second-order valence-electron chi connectivity index (χ2n) is 10.7. The van der Waals surface area contributed by atoms with Gasteiger partial charge in [-0.15, -0.1) is 0 Å². The van der Waals surface area contributed by atoms with Gasteiger partial charge in [0.05, 0.1) is 17.7 Å². The molecule has 0 aromatic heterocycles. The fourth-order valence-corrected chi connectivity index (χ4v) is 6.19. The number of methoxy groups -OCH3 is 1. The molecule has 1 heterocycles. The Morgan fingerprint density at radius 1 is 1.00 bits per heavy atom. The summed E-state index contributed by atoms with van der Waals surface area (Å²) >= 11 is 0. The van der Waals surface area contributed by atoms with Crippen LogP contribution in [0.4, 0.5) is 10.1 Å². The number of rotatable bonds is 13. The number of sulfonamides is 1. The van der Waals surface area contributed by atoms with Crippen molar-refractivity contribution in [3.05, 3.63) is 78.1 Å². The fraction of sp³-hybridized carbons (Fsp3) is 0.375. The molecule has 0 saturated heterocycles. The first-order valence-electron chi connectivity index (χ1n) is 14.4. The Kier molecular flexibility index (Phi) is 10.7. The Hall–Kier alpha value is -4.32. The average molecular weight is 628 g/mol. The summed E-state index contributed by atoms with van der Waals surface area (Å²) in [5, 5.41) is 2.90. The molecule has 0 radical (unpaired) electrons. The van der Waals surface area contributed by atoms with Crippen molar-refractivity contribution in [2.75, 3.05) is 37.7 Å². The van der Waals surface area contributed by atoms with Crippen LogP contribution in [0.2, 0.25) is 0 Å². The molecule has 44 heavy (non-hydrogen) atoms. The summed E-state index contributed by atoms with van der Waals surface area (Å²) in [4.78, 5) is 28.8. The van der Waals surface area contributed by atoms with Crippen molar-refractivity contribution in [1.82, 2.24) is 10.2 Å². The molecular weight excluding hydrogens is 589 g/mol. The second kappa shape index (κ2) is 14.4. The van der Waals surface area contributed by atoms with E-state index >= 15 is 0 Å². The predicted octanol–water partition coefficient (Wildman–Crippen LogP) is 4.38. The minimum atomic E-state index is -4.38. The summed E-state index contributed by atoms with van der Waals surface area (Å²) < 4.78 is 59.5.